The lowest BCUT2D eigenvalue weighted by atomic mass is 10.1. The van der Waals surface area contributed by atoms with Crippen LogP contribution in [0, 0.1) is 27.7 Å². The summed E-state index contributed by atoms with van der Waals surface area (Å²) in [6.45, 7) is 9.72. The fraction of sp³-hybridized carbons (Fsp3) is 0.304. The van der Waals surface area contributed by atoms with Gasteiger partial charge in [0, 0.05) is 17.1 Å². The second-order valence-electron chi connectivity index (χ2n) is 7.25. The molecule has 6 heteroatoms. The van der Waals surface area contributed by atoms with Crippen molar-refractivity contribution in [2.45, 2.75) is 47.3 Å². The van der Waals surface area contributed by atoms with E-state index in [1.807, 2.05) is 62.6 Å². The number of rotatable bonds is 6. The predicted molar refractivity (Wildman–Crippen MR) is 111 cm³/mol. The number of hydrogen-bond donors (Lipinski definition) is 1. The first-order valence-electron chi connectivity index (χ1n) is 9.55. The van der Waals surface area contributed by atoms with E-state index in [4.69, 9.17) is 9.15 Å². The molecule has 0 unspecified atom stereocenters. The van der Waals surface area contributed by atoms with Gasteiger partial charge in [0.1, 0.15) is 5.76 Å². The van der Waals surface area contributed by atoms with E-state index >= 15 is 0 Å². The van der Waals surface area contributed by atoms with Gasteiger partial charge in [0.2, 0.25) is 0 Å². The number of anilines is 1. The van der Waals surface area contributed by atoms with Crippen molar-refractivity contribution in [1.29, 1.82) is 0 Å². The molecule has 29 heavy (non-hydrogen) atoms. The first-order chi connectivity index (χ1) is 13.8. The maximum atomic E-state index is 12.7. The molecule has 6 nitrogen and oxygen atoms in total. The third-order valence-corrected chi connectivity index (χ3v) is 5.07. The van der Waals surface area contributed by atoms with Crippen molar-refractivity contribution in [1.82, 2.24) is 4.57 Å². The summed E-state index contributed by atoms with van der Waals surface area (Å²) in [6.07, 6.45) is 0.699. The zero-order chi connectivity index (χ0) is 21.1. The highest BCUT2D eigenvalue weighted by Gasteiger charge is 2.23. The summed E-state index contributed by atoms with van der Waals surface area (Å²) in [4.78, 5) is 25.2. The minimum absolute atomic E-state index is 0.361. The molecule has 2 heterocycles. The molecule has 0 aliphatic carbocycles. The lowest BCUT2D eigenvalue weighted by Crippen LogP contribution is -2.30. The molecular weight excluding hydrogens is 368 g/mol. The van der Waals surface area contributed by atoms with Crippen molar-refractivity contribution in [2.24, 2.45) is 0 Å². The number of amides is 1. The molecule has 0 radical (unpaired) electrons. The molecule has 0 bridgehead atoms. The van der Waals surface area contributed by atoms with Crippen molar-refractivity contribution >= 4 is 17.6 Å². The van der Waals surface area contributed by atoms with Gasteiger partial charge in [0.25, 0.3) is 5.91 Å². The number of para-hydroxylation sites is 1. The Kier molecular flexibility index (Phi) is 5.92. The first kappa shape index (κ1) is 20.5. The Hall–Kier alpha value is -3.28. The van der Waals surface area contributed by atoms with E-state index in [1.54, 1.807) is 19.3 Å². The molecule has 1 amide bonds. The topological polar surface area (TPSA) is 73.5 Å². The molecule has 0 saturated carbocycles. The minimum Gasteiger partial charge on any atom is -0.467 e. The van der Waals surface area contributed by atoms with E-state index in [0.717, 1.165) is 34.0 Å². The van der Waals surface area contributed by atoms with Crippen LogP contribution in [0.2, 0.25) is 0 Å². The standard InChI is InChI=1S/C23H26N2O4/c1-14-8-6-9-15(2)21(14)24-22(26)18(5)29-23(27)20-12-16(3)25(17(20)4)13-19-10-7-11-28-19/h6-12,18H,13H2,1-5H3,(H,24,26)/t18-/m1/s1. The van der Waals surface area contributed by atoms with Crippen LogP contribution in [-0.2, 0) is 16.1 Å². The van der Waals surface area contributed by atoms with Gasteiger partial charge in [-0.2, -0.15) is 0 Å². The van der Waals surface area contributed by atoms with E-state index in [9.17, 15) is 9.59 Å². The smallest absolute Gasteiger partial charge is 0.340 e. The normalized spacial score (nSPS) is 11.9. The molecule has 0 aliphatic heterocycles. The lowest BCUT2D eigenvalue weighted by Gasteiger charge is -2.16. The largest absolute Gasteiger partial charge is 0.467 e. The van der Waals surface area contributed by atoms with Gasteiger partial charge in [-0.25, -0.2) is 4.79 Å². The second kappa shape index (κ2) is 8.39. The molecule has 152 valence electrons. The van der Waals surface area contributed by atoms with Gasteiger partial charge in [-0.3, -0.25) is 4.79 Å². The summed E-state index contributed by atoms with van der Waals surface area (Å²) in [5, 5.41) is 2.86. The molecule has 2 aromatic heterocycles. The van der Waals surface area contributed by atoms with Gasteiger partial charge < -0.3 is 19.0 Å². The fourth-order valence-electron chi connectivity index (χ4n) is 3.32. The van der Waals surface area contributed by atoms with E-state index in [1.165, 1.54) is 0 Å². The van der Waals surface area contributed by atoms with Crippen molar-refractivity contribution in [3.63, 3.8) is 0 Å². The molecule has 1 atom stereocenters. The van der Waals surface area contributed by atoms with Crippen LogP contribution >= 0.6 is 0 Å². The number of furan rings is 1. The Bertz CT molecular complexity index is 1010. The Morgan fingerprint density at radius 1 is 1.10 bits per heavy atom. The van der Waals surface area contributed by atoms with Crippen molar-refractivity contribution < 1.29 is 18.7 Å². The van der Waals surface area contributed by atoms with Crippen molar-refractivity contribution in [3.05, 3.63) is 76.5 Å². The Morgan fingerprint density at radius 2 is 1.79 bits per heavy atom. The second-order valence-corrected chi connectivity index (χ2v) is 7.25. The van der Waals surface area contributed by atoms with Crippen molar-refractivity contribution in [2.75, 3.05) is 5.32 Å². The summed E-state index contributed by atoms with van der Waals surface area (Å²) >= 11 is 0. The molecule has 3 aromatic rings. The summed E-state index contributed by atoms with van der Waals surface area (Å²) in [5.74, 6) is -0.0823. The maximum Gasteiger partial charge on any atom is 0.340 e. The van der Waals surface area contributed by atoms with Crippen molar-refractivity contribution in [3.8, 4) is 0 Å². The zero-order valence-corrected chi connectivity index (χ0v) is 17.4. The third kappa shape index (κ3) is 4.42. The minimum atomic E-state index is -0.922. The molecular formula is C23H26N2O4. The Labute approximate surface area is 170 Å². The number of carbonyl (C=O) groups excluding carboxylic acids is 2. The molecule has 0 spiro atoms. The van der Waals surface area contributed by atoms with Gasteiger partial charge in [0.05, 0.1) is 18.4 Å². The van der Waals surface area contributed by atoms with Gasteiger partial charge in [-0.15, -0.1) is 0 Å². The van der Waals surface area contributed by atoms with E-state index < -0.39 is 12.1 Å². The van der Waals surface area contributed by atoms with Crippen LogP contribution in [0.4, 0.5) is 5.69 Å². The van der Waals surface area contributed by atoms with Crippen LogP contribution in [0.3, 0.4) is 0 Å². The number of esters is 1. The summed E-state index contributed by atoms with van der Waals surface area (Å²) < 4.78 is 12.8. The average molecular weight is 394 g/mol. The SMILES string of the molecule is Cc1cccc(C)c1NC(=O)[C@@H](C)OC(=O)c1cc(C)n(Cc2ccco2)c1C. The highest BCUT2D eigenvalue weighted by Crippen LogP contribution is 2.21. The number of carbonyl (C=O) groups is 2. The molecule has 0 saturated heterocycles. The van der Waals surface area contributed by atoms with Gasteiger partial charge >= 0.3 is 5.97 Å². The van der Waals surface area contributed by atoms with Gasteiger partial charge in [-0.05, 0) is 63.9 Å². The van der Waals surface area contributed by atoms with Crippen LogP contribution < -0.4 is 5.32 Å². The Morgan fingerprint density at radius 3 is 2.41 bits per heavy atom. The number of benzene rings is 1. The van der Waals surface area contributed by atoms with Crippen LogP contribution in [0.25, 0.3) is 0 Å². The Balaban J connectivity index is 1.70. The number of aryl methyl sites for hydroxylation is 3. The van der Waals surface area contributed by atoms with E-state index in [-0.39, 0.29) is 5.91 Å². The van der Waals surface area contributed by atoms with Gasteiger partial charge in [0.15, 0.2) is 6.10 Å². The predicted octanol–water partition coefficient (Wildman–Crippen LogP) is 4.55. The van der Waals surface area contributed by atoms with Crippen LogP contribution in [-0.4, -0.2) is 22.5 Å². The van der Waals surface area contributed by atoms with Crippen LogP contribution in [0.1, 0.15) is 45.6 Å². The number of ether oxygens (including phenoxy) is 1. The number of nitrogens with zero attached hydrogens (tertiary/aromatic N) is 1. The fourth-order valence-corrected chi connectivity index (χ4v) is 3.32. The molecule has 3 rings (SSSR count). The summed E-state index contributed by atoms with van der Waals surface area (Å²) in [5.41, 5.74) is 4.79. The van der Waals surface area contributed by atoms with Crippen LogP contribution in [0.5, 0.6) is 0 Å². The average Bonchev–Trinajstić information content (AvgIpc) is 3.28. The highest BCUT2D eigenvalue weighted by molar-refractivity contribution is 5.98. The highest BCUT2D eigenvalue weighted by atomic mass is 16.5. The van der Waals surface area contributed by atoms with E-state index in [0.29, 0.717) is 12.1 Å². The summed E-state index contributed by atoms with van der Waals surface area (Å²) in [6, 6.07) is 11.3. The number of hydrogen-bond acceptors (Lipinski definition) is 4. The molecule has 1 N–H and O–H groups in total. The molecule has 0 aliphatic rings. The number of nitrogens with one attached hydrogen (secondary N) is 1. The first-order valence-corrected chi connectivity index (χ1v) is 9.55. The monoisotopic (exact) mass is 394 g/mol. The lowest BCUT2D eigenvalue weighted by molar-refractivity contribution is -0.123. The number of aromatic nitrogens is 1. The molecule has 1 aromatic carbocycles. The third-order valence-electron chi connectivity index (χ3n) is 5.07. The van der Waals surface area contributed by atoms with Gasteiger partial charge in [-0.1, -0.05) is 18.2 Å². The zero-order valence-electron chi connectivity index (χ0n) is 17.4. The molecule has 0 fully saturated rings. The quantitative estimate of drug-likeness (QED) is 0.623. The maximum absolute atomic E-state index is 12.7. The van der Waals surface area contributed by atoms with E-state index in [2.05, 4.69) is 5.32 Å². The van der Waals surface area contributed by atoms with Crippen LogP contribution in [0.15, 0.2) is 47.1 Å². The summed E-state index contributed by atoms with van der Waals surface area (Å²) in [7, 11) is 0.